The monoisotopic (exact) mass is 544 g/mol. The summed E-state index contributed by atoms with van der Waals surface area (Å²) in [5.41, 5.74) is 2.15. The second-order valence-electron chi connectivity index (χ2n) is 9.54. The fraction of sp³-hybridized carbons (Fsp3) is 0.0857. The largest absolute Gasteiger partial charge is 0.487 e. The van der Waals surface area contributed by atoms with E-state index in [1.165, 1.54) is 10.5 Å². The Morgan fingerprint density at radius 2 is 1.08 bits per heavy atom. The van der Waals surface area contributed by atoms with E-state index in [4.69, 9.17) is 4.74 Å². The van der Waals surface area contributed by atoms with Gasteiger partial charge in [0, 0.05) is 32.8 Å². The van der Waals surface area contributed by atoms with Crippen LogP contribution in [0.1, 0.15) is 22.8 Å². The van der Waals surface area contributed by atoms with Gasteiger partial charge in [-0.15, -0.1) is 11.8 Å². The van der Waals surface area contributed by atoms with Crippen molar-refractivity contribution in [1.82, 2.24) is 0 Å². The molecule has 4 heteroatoms. The molecule has 0 amide bonds. The molecule has 1 aliphatic rings. The smallest absolute Gasteiger partial charge is 0.170 e. The lowest BCUT2D eigenvalue weighted by atomic mass is 10.1. The van der Waals surface area contributed by atoms with Gasteiger partial charge in [-0.2, -0.15) is 0 Å². The molecule has 0 fully saturated rings. The molecule has 192 valence electrons. The van der Waals surface area contributed by atoms with Crippen LogP contribution in [-0.4, -0.2) is 6.10 Å². The maximum atomic E-state index is 15.5. The maximum absolute atomic E-state index is 15.5. The zero-order chi connectivity index (χ0) is 26.5. The molecule has 1 aliphatic heterocycles. The van der Waals surface area contributed by atoms with E-state index < -0.39 is 7.14 Å². The Labute approximate surface area is 234 Å². The summed E-state index contributed by atoms with van der Waals surface area (Å²) in [5.74, 6) is 0.742. The van der Waals surface area contributed by atoms with Crippen molar-refractivity contribution in [3.63, 3.8) is 0 Å². The van der Waals surface area contributed by atoms with Gasteiger partial charge in [-0.3, -0.25) is 0 Å². The number of ether oxygens (including phenoxy) is 1. The first-order chi connectivity index (χ1) is 19.2. The first-order valence-electron chi connectivity index (χ1n) is 13.2. The lowest BCUT2D eigenvalue weighted by molar-refractivity contribution is 0.187. The molecule has 2 atom stereocenters. The number of hydrogen-bond acceptors (Lipinski definition) is 3. The maximum Gasteiger partial charge on any atom is 0.170 e. The van der Waals surface area contributed by atoms with Crippen LogP contribution in [0.15, 0.2) is 162 Å². The molecule has 0 unspecified atom stereocenters. The van der Waals surface area contributed by atoms with Crippen LogP contribution >= 0.6 is 18.9 Å². The van der Waals surface area contributed by atoms with Gasteiger partial charge in [-0.1, -0.05) is 140 Å². The molecule has 0 N–H and O–H groups in total. The van der Waals surface area contributed by atoms with Gasteiger partial charge < -0.3 is 9.30 Å². The SMILES string of the molecule is O=P(C1=C(c2ccccc2)O[C@H]([C@@H](Sc2ccccc2)c2ccccc2)C1)(c1ccccc1)c1ccccc1. The third-order valence-electron chi connectivity index (χ3n) is 7.05. The normalized spacial score (nSPS) is 16.1. The Kier molecular flexibility index (Phi) is 7.54. The summed E-state index contributed by atoms with van der Waals surface area (Å²) in [6.07, 6.45) is 0.383. The van der Waals surface area contributed by atoms with Crippen LogP contribution in [0.3, 0.4) is 0 Å². The van der Waals surface area contributed by atoms with E-state index in [0.29, 0.717) is 6.42 Å². The van der Waals surface area contributed by atoms with Gasteiger partial charge in [-0.25, -0.2) is 0 Å². The summed E-state index contributed by atoms with van der Waals surface area (Å²) in [6.45, 7) is 0. The highest BCUT2D eigenvalue weighted by Crippen LogP contribution is 2.61. The summed E-state index contributed by atoms with van der Waals surface area (Å²) in [6, 6.07) is 50.9. The Balaban J connectivity index is 1.50. The number of hydrogen-bond donors (Lipinski definition) is 0. The minimum atomic E-state index is -3.20. The molecule has 1 heterocycles. The number of benzene rings is 5. The van der Waals surface area contributed by atoms with Crippen LogP contribution in [0.4, 0.5) is 0 Å². The highest BCUT2D eigenvalue weighted by atomic mass is 32.2. The molecule has 0 saturated carbocycles. The van der Waals surface area contributed by atoms with Gasteiger partial charge in [0.05, 0.1) is 5.25 Å². The Morgan fingerprint density at radius 3 is 1.62 bits per heavy atom. The van der Waals surface area contributed by atoms with Crippen LogP contribution < -0.4 is 10.6 Å². The lowest BCUT2D eigenvalue weighted by Crippen LogP contribution is -2.19. The molecule has 0 saturated heterocycles. The third-order valence-corrected chi connectivity index (χ3v) is 11.6. The molecule has 5 aromatic rings. The second kappa shape index (κ2) is 11.5. The van der Waals surface area contributed by atoms with Crippen LogP contribution in [0, 0.1) is 0 Å². The van der Waals surface area contributed by atoms with Gasteiger partial charge in [0.25, 0.3) is 0 Å². The summed E-state index contributed by atoms with van der Waals surface area (Å²) in [4.78, 5) is 1.18. The highest BCUT2D eigenvalue weighted by molar-refractivity contribution is 7.99. The van der Waals surface area contributed by atoms with E-state index in [1.807, 2.05) is 91.0 Å². The van der Waals surface area contributed by atoms with Crippen molar-refractivity contribution in [1.29, 1.82) is 0 Å². The van der Waals surface area contributed by atoms with E-state index in [-0.39, 0.29) is 11.4 Å². The molecule has 2 nitrogen and oxygen atoms in total. The van der Waals surface area contributed by atoms with Crippen LogP contribution in [0.25, 0.3) is 5.76 Å². The molecule has 6 rings (SSSR count). The quantitative estimate of drug-likeness (QED) is 0.144. The fourth-order valence-corrected chi connectivity index (χ4v) is 9.41. The minimum Gasteiger partial charge on any atom is -0.487 e. The van der Waals surface area contributed by atoms with E-state index in [1.54, 1.807) is 11.8 Å². The van der Waals surface area contributed by atoms with Crippen LogP contribution in [0.5, 0.6) is 0 Å². The molecule has 39 heavy (non-hydrogen) atoms. The van der Waals surface area contributed by atoms with E-state index in [2.05, 4.69) is 60.7 Å². The standard InChI is InChI=1S/C35H29O2PS/c36-38(29-20-10-3-11-21-29,30-22-12-4-13-23-30)33-26-32(37-34(33)27-16-6-1-7-17-27)35(28-18-8-2-9-19-28)39-31-24-14-5-15-25-31/h1-25,32,35H,26H2/t32-,35-/m0/s1. The summed E-state index contributed by atoms with van der Waals surface area (Å²) in [7, 11) is -3.20. The zero-order valence-corrected chi connectivity index (χ0v) is 23.2. The number of thioether (sulfide) groups is 1. The summed E-state index contributed by atoms with van der Waals surface area (Å²) >= 11 is 1.80. The average molecular weight is 545 g/mol. The van der Waals surface area contributed by atoms with E-state index >= 15 is 4.57 Å². The molecular formula is C35H29O2PS. The molecule has 5 aromatic carbocycles. The summed E-state index contributed by atoms with van der Waals surface area (Å²) < 4.78 is 22.4. The minimum absolute atomic E-state index is 0.0183. The van der Waals surface area contributed by atoms with Crippen LogP contribution in [-0.2, 0) is 9.30 Å². The van der Waals surface area contributed by atoms with Gasteiger partial charge in [0.2, 0.25) is 0 Å². The molecule has 0 bridgehead atoms. The molecule has 0 spiro atoms. The van der Waals surface area contributed by atoms with Gasteiger partial charge in [-0.05, 0) is 17.7 Å². The molecular weight excluding hydrogens is 515 g/mol. The van der Waals surface area contributed by atoms with Crippen LogP contribution in [0.2, 0.25) is 0 Å². The zero-order valence-electron chi connectivity index (χ0n) is 21.5. The first kappa shape index (κ1) is 25.5. The molecule has 0 aliphatic carbocycles. The Hall–Kier alpha value is -3.78. The topological polar surface area (TPSA) is 26.3 Å². The summed E-state index contributed by atoms with van der Waals surface area (Å²) in [5, 5.41) is 2.56. The predicted octanol–water partition coefficient (Wildman–Crippen LogP) is 8.69. The molecule has 0 aromatic heterocycles. The van der Waals surface area contributed by atoms with Crippen molar-refractivity contribution in [2.45, 2.75) is 22.7 Å². The highest BCUT2D eigenvalue weighted by Gasteiger charge is 2.43. The van der Waals surface area contributed by atoms with Crippen molar-refractivity contribution < 1.29 is 9.30 Å². The predicted molar refractivity (Wildman–Crippen MR) is 164 cm³/mol. The van der Waals surface area contributed by atoms with Crippen molar-refractivity contribution in [2.24, 2.45) is 0 Å². The fourth-order valence-electron chi connectivity index (χ4n) is 5.19. The second-order valence-corrected chi connectivity index (χ2v) is 13.6. The first-order valence-corrected chi connectivity index (χ1v) is 15.8. The number of rotatable bonds is 8. The Morgan fingerprint density at radius 1 is 0.615 bits per heavy atom. The molecule has 0 radical (unpaired) electrons. The third kappa shape index (κ3) is 5.26. The van der Waals surface area contributed by atoms with Gasteiger partial charge in [0.15, 0.2) is 7.14 Å². The van der Waals surface area contributed by atoms with E-state index in [0.717, 1.165) is 27.2 Å². The van der Waals surface area contributed by atoms with Crippen molar-refractivity contribution in [2.75, 3.05) is 0 Å². The Bertz CT molecular complexity index is 1540. The van der Waals surface area contributed by atoms with Gasteiger partial charge >= 0.3 is 0 Å². The lowest BCUT2D eigenvalue weighted by Gasteiger charge is -2.25. The van der Waals surface area contributed by atoms with Gasteiger partial charge in [0.1, 0.15) is 11.9 Å². The van der Waals surface area contributed by atoms with Crippen molar-refractivity contribution >= 4 is 35.3 Å². The van der Waals surface area contributed by atoms with E-state index in [9.17, 15) is 0 Å². The van der Waals surface area contributed by atoms with Crippen molar-refractivity contribution in [3.8, 4) is 0 Å². The van der Waals surface area contributed by atoms with Crippen molar-refractivity contribution in [3.05, 3.63) is 168 Å². The average Bonchev–Trinajstić information content (AvgIpc) is 3.47.